The molecule has 0 saturated heterocycles. The number of carbonyl (C=O) groups excluding carboxylic acids is 2. The van der Waals surface area contributed by atoms with Crippen molar-refractivity contribution in [3.63, 3.8) is 0 Å². The topological polar surface area (TPSA) is 98.2 Å². The van der Waals surface area contributed by atoms with Crippen LogP contribution < -0.4 is 25.0 Å². The number of halogens is 1. The molecule has 2 amide bonds. The van der Waals surface area contributed by atoms with Gasteiger partial charge in [-0.2, -0.15) is 5.10 Å². The van der Waals surface area contributed by atoms with Crippen molar-refractivity contribution in [1.82, 2.24) is 5.43 Å². The van der Waals surface area contributed by atoms with Crippen molar-refractivity contribution >= 4 is 39.6 Å². The van der Waals surface area contributed by atoms with Gasteiger partial charge < -0.3 is 19.5 Å². The van der Waals surface area contributed by atoms with E-state index in [0.29, 0.717) is 33.0 Å². The number of ether oxygens (including phenoxy) is 3. The number of hydrazone groups is 1. The van der Waals surface area contributed by atoms with Crippen LogP contribution in [-0.2, 0) is 9.59 Å². The Morgan fingerprint density at radius 1 is 1.00 bits per heavy atom. The highest BCUT2D eigenvalue weighted by atomic mass is 79.9. The van der Waals surface area contributed by atoms with Gasteiger partial charge in [0.2, 0.25) is 11.8 Å². The maximum Gasteiger partial charge on any atom is 0.249 e. The van der Waals surface area contributed by atoms with Gasteiger partial charge in [-0.1, -0.05) is 0 Å². The van der Waals surface area contributed by atoms with E-state index in [0.717, 1.165) is 0 Å². The van der Waals surface area contributed by atoms with E-state index >= 15 is 0 Å². The van der Waals surface area contributed by atoms with E-state index in [2.05, 4.69) is 31.8 Å². The Morgan fingerprint density at radius 2 is 1.64 bits per heavy atom. The molecule has 2 rings (SSSR count). The fraction of sp³-hybridized carbons (Fsp3) is 0.211. The maximum atomic E-state index is 11.9. The molecular formula is C19H20BrN3O5. The molecule has 0 unspecified atom stereocenters. The smallest absolute Gasteiger partial charge is 0.249 e. The summed E-state index contributed by atoms with van der Waals surface area (Å²) in [5.41, 5.74) is 3.55. The summed E-state index contributed by atoms with van der Waals surface area (Å²) >= 11 is 3.39. The van der Waals surface area contributed by atoms with Crippen LogP contribution in [0.4, 0.5) is 5.69 Å². The Hall–Kier alpha value is -3.07. The fourth-order valence-corrected chi connectivity index (χ4v) is 2.63. The summed E-state index contributed by atoms with van der Waals surface area (Å²) in [6, 6.07) is 10.2. The summed E-state index contributed by atoms with van der Waals surface area (Å²) in [5, 5.41) is 6.49. The molecule has 0 aromatic heterocycles. The second kappa shape index (κ2) is 10.3. The highest BCUT2D eigenvalue weighted by Gasteiger charge is 2.10. The van der Waals surface area contributed by atoms with Crippen molar-refractivity contribution < 1.29 is 23.8 Å². The standard InChI is InChI=1S/C19H20BrN3O5/c1-26-14-6-4-13(5-7-14)22-18(24)10-19(25)23-21-11-12-8-16(27-2)17(28-3)9-15(12)20/h4-9,11H,10H2,1-3H3,(H,22,24)(H,23,25). The lowest BCUT2D eigenvalue weighted by atomic mass is 10.2. The third-order valence-corrected chi connectivity index (χ3v) is 4.28. The SMILES string of the molecule is COc1ccc(NC(=O)CC(=O)NN=Cc2cc(OC)c(OC)cc2Br)cc1. The number of benzene rings is 2. The molecule has 0 aliphatic rings. The molecule has 2 aromatic carbocycles. The molecule has 0 saturated carbocycles. The number of nitrogens with one attached hydrogen (secondary N) is 2. The minimum atomic E-state index is -0.543. The molecular weight excluding hydrogens is 430 g/mol. The number of hydrogen-bond donors (Lipinski definition) is 2. The van der Waals surface area contributed by atoms with Gasteiger partial charge in [-0.05, 0) is 52.3 Å². The van der Waals surface area contributed by atoms with Gasteiger partial charge in [0.1, 0.15) is 12.2 Å². The zero-order valence-electron chi connectivity index (χ0n) is 15.6. The number of nitrogens with zero attached hydrogens (tertiary/aromatic N) is 1. The summed E-state index contributed by atoms with van der Waals surface area (Å²) in [4.78, 5) is 23.8. The van der Waals surface area contributed by atoms with Crippen LogP contribution in [0.5, 0.6) is 17.2 Å². The molecule has 0 heterocycles. The normalized spacial score (nSPS) is 10.4. The number of methoxy groups -OCH3 is 3. The first-order chi connectivity index (χ1) is 13.5. The Balaban J connectivity index is 1.90. The van der Waals surface area contributed by atoms with Crippen LogP contribution >= 0.6 is 15.9 Å². The summed E-state index contributed by atoms with van der Waals surface area (Å²) in [7, 11) is 4.62. The van der Waals surface area contributed by atoms with E-state index < -0.39 is 11.8 Å². The van der Waals surface area contributed by atoms with Crippen molar-refractivity contribution in [3.05, 3.63) is 46.4 Å². The van der Waals surface area contributed by atoms with Gasteiger partial charge in [-0.3, -0.25) is 9.59 Å². The Labute approximate surface area is 171 Å². The van der Waals surface area contributed by atoms with E-state index in [4.69, 9.17) is 14.2 Å². The molecule has 0 spiro atoms. The van der Waals surface area contributed by atoms with Gasteiger partial charge in [0.25, 0.3) is 0 Å². The third-order valence-electron chi connectivity index (χ3n) is 3.59. The van der Waals surface area contributed by atoms with Crippen LogP contribution in [0.15, 0.2) is 46.0 Å². The highest BCUT2D eigenvalue weighted by Crippen LogP contribution is 2.32. The van der Waals surface area contributed by atoms with Crippen LogP contribution in [-0.4, -0.2) is 39.4 Å². The van der Waals surface area contributed by atoms with Crippen molar-refractivity contribution in [3.8, 4) is 17.2 Å². The van der Waals surface area contributed by atoms with E-state index in [1.54, 1.807) is 43.5 Å². The van der Waals surface area contributed by atoms with Gasteiger partial charge in [0.15, 0.2) is 11.5 Å². The van der Waals surface area contributed by atoms with Crippen molar-refractivity contribution in [2.75, 3.05) is 26.6 Å². The third kappa shape index (κ3) is 5.98. The zero-order valence-corrected chi connectivity index (χ0v) is 17.2. The molecule has 0 bridgehead atoms. The van der Waals surface area contributed by atoms with Crippen molar-refractivity contribution in [1.29, 1.82) is 0 Å². The van der Waals surface area contributed by atoms with Crippen LogP contribution in [0.25, 0.3) is 0 Å². The number of anilines is 1. The van der Waals surface area contributed by atoms with E-state index in [9.17, 15) is 9.59 Å². The zero-order chi connectivity index (χ0) is 20.5. The summed E-state index contributed by atoms with van der Waals surface area (Å²) in [6.45, 7) is 0. The lowest BCUT2D eigenvalue weighted by Crippen LogP contribution is -2.24. The molecule has 2 aromatic rings. The van der Waals surface area contributed by atoms with Gasteiger partial charge in [0.05, 0.1) is 27.5 Å². The molecule has 0 fully saturated rings. The summed E-state index contributed by atoms with van der Waals surface area (Å²) in [6.07, 6.45) is 1.07. The van der Waals surface area contributed by atoms with Gasteiger partial charge in [-0.15, -0.1) is 0 Å². The molecule has 0 atom stereocenters. The predicted molar refractivity (Wildman–Crippen MR) is 109 cm³/mol. The molecule has 9 heteroatoms. The number of hydrogen-bond acceptors (Lipinski definition) is 6. The first-order valence-corrected chi connectivity index (χ1v) is 8.93. The molecule has 0 aliphatic heterocycles. The maximum absolute atomic E-state index is 11.9. The lowest BCUT2D eigenvalue weighted by molar-refractivity contribution is -0.126. The van der Waals surface area contributed by atoms with Crippen LogP contribution in [0, 0.1) is 0 Å². The van der Waals surface area contributed by atoms with E-state index in [1.165, 1.54) is 20.4 Å². The monoisotopic (exact) mass is 449 g/mol. The molecule has 0 aliphatic carbocycles. The largest absolute Gasteiger partial charge is 0.497 e. The van der Waals surface area contributed by atoms with Crippen molar-refractivity contribution in [2.24, 2.45) is 5.10 Å². The van der Waals surface area contributed by atoms with Crippen molar-refractivity contribution in [2.45, 2.75) is 6.42 Å². The fourth-order valence-electron chi connectivity index (χ4n) is 2.21. The van der Waals surface area contributed by atoms with Crippen LogP contribution in [0.2, 0.25) is 0 Å². The molecule has 28 heavy (non-hydrogen) atoms. The Morgan fingerprint density at radius 3 is 2.25 bits per heavy atom. The van der Waals surface area contributed by atoms with Gasteiger partial charge in [-0.25, -0.2) is 5.43 Å². The molecule has 2 N–H and O–H groups in total. The van der Waals surface area contributed by atoms with Gasteiger partial charge >= 0.3 is 0 Å². The molecule has 0 radical (unpaired) electrons. The quantitative estimate of drug-likeness (QED) is 0.366. The summed E-state index contributed by atoms with van der Waals surface area (Å²) < 4.78 is 16.2. The Bertz CT molecular complexity index is 869. The minimum absolute atomic E-state index is 0.365. The molecule has 148 valence electrons. The number of amides is 2. The van der Waals surface area contributed by atoms with Crippen LogP contribution in [0.3, 0.4) is 0 Å². The summed E-state index contributed by atoms with van der Waals surface area (Å²) in [5.74, 6) is 0.763. The van der Waals surface area contributed by atoms with Gasteiger partial charge in [0, 0.05) is 15.7 Å². The number of carbonyl (C=O) groups is 2. The predicted octanol–water partition coefficient (Wildman–Crippen LogP) is 2.95. The Kier molecular flexibility index (Phi) is 7.82. The highest BCUT2D eigenvalue weighted by molar-refractivity contribution is 9.10. The average molecular weight is 450 g/mol. The lowest BCUT2D eigenvalue weighted by Gasteiger charge is -2.09. The average Bonchev–Trinajstić information content (AvgIpc) is 2.69. The second-order valence-corrected chi connectivity index (χ2v) is 6.33. The first-order valence-electron chi connectivity index (χ1n) is 8.14. The first kappa shape index (κ1) is 21.2. The van der Waals surface area contributed by atoms with E-state index in [1.807, 2.05) is 0 Å². The minimum Gasteiger partial charge on any atom is -0.497 e. The molecule has 8 nitrogen and oxygen atoms in total. The second-order valence-electron chi connectivity index (χ2n) is 5.48. The number of rotatable bonds is 8. The van der Waals surface area contributed by atoms with Crippen LogP contribution in [0.1, 0.15) is 12.0 Å². The van der Waals surface area contributed by atoms with E-state index in [-0.39, 0.29) is 6.42 Å².